The van der Waals surface area contributed by atoms with Crippen LogP contribution < -0.4 is 11.1 Å². The molecule has 3 aromatic rings. The number of hydrogen-bond donors (Lipinski definition) is 2. The Morgan fingerprint density at radius 3 is 2.16 bits per heavy atom. The molecule has 0 aliphatic carbocycles. The van der Waals surface area contributed by atoms with E-state index < -0.39 is 23.7 Å². The monoisotopic (exact) mass is 339 g/mol. The number of hydrogen-bond acceptors (Lipinski definition) is 4. The molecule has 1 aromatic heterocycles. The van der Waals surface area contributed by atoms with Gasteiger partial charge in [-0.3, -0.25) is 14.2 Å². The topological polar surface area (TPSA) is 103 Å². The summed E-state index contributed by atoms with van der Waals surface area (Å²) in [6.07, 6.45) is 3.07. The van der Waals surface area contributed by atoms with Gasteiger partial charge in [0.2, 0.25) is 5.91 Å². The van der Waals surface area contributed by atoms with Crippen molar-refractivity contribution in [3.63, 3.8) is 0 Å². The van der Waals surface area contributed by atoms with Crippen molar-refractivity contribution in [1.82, 2.24) is 20.1 Å². The maximum atomic E-state index is 13.0. The molecule has 2 amide bonds. The molecule has 1 unspecified atom stereocenters. The maximum absolute atomic E-state index is 13.0. The Hall–Kier alpha value is -3.55. The minimum atomic E-state index is -1.05. The first-order chi connectivity index (χ1) is 12.0. The van der Waals surface area contributed by atoms with Crippen molar-refractivity contribution in [3.05, 3.63) is 78.1 Å². The van der Waals surface area contributed by atoms with Crippen LogP contribution in [0, 0.1) is 5.82 Å². The normalized spacial score (nSPS) is 11.7. The largest absolute Gasteiger partial charge is 0.368 e. The minimum absolute atomic E-state index is 0.352. The van der Waals surface area contributed by atoms with Gasteiger partial charge >= 0.3 is 0 Å². The van der Waals surface area contributed by atoms with Crippen molar-refractivity contribution in [1.29, 1.82) is 0 Å². The van der Waals surface area contributed by atoms with Crippen LogP contribution in [0.3, 0.4) is 0 Å². The van der Waals surface area contributed by atoms with Crippen molar-refractivity contribution in [2.75, 3.05) is 0 Å². The third-order valence-corrected chi connectivity index (χ3v) is 3.61. The summed E-state index contributed by atoms with van der Waals surface area (Å²) in [4.78, 5) is 24.0. The van der Waals surface area contributed by atoms with Gasteiger partial charge in [-0.2, -0.15) is 0 Å². The first-order valence-electron chi connectivity index (χ1n) is 7.35. The summed E-state index contributed by atoms with van der Waals surface area (Å²) in [6.45, 7) is 0. The van der Waals surface area contributed by atoms with Gasteiger partial charge in [-0.1, -0.05) is 12.1 Å². The van der Waals surface area contributed by atoms with Crippen LogP contribution in [0.2, 0.25) is 0 Å². The van der Waals surface area contributed by atoms with E-state index >= 15 is 0 Å². The van der Waals surface area contributed by atoms with Crippen LogP contribution in [0.4, 0.5) is 4.39 Å². The molecular formula is C17H14FN5O2. The summed E-state index contributed by atoms with van der Waals surface area (Å²) >= 11 is 0. The number of halogens is 1. The highest BCUT2D eigenvalue weighted by atomic mass is 19.1. The second kappa shape index (κ2) is 6.91. The van der Waals surface area contributed by atoms with Crippen LogP contribution in [0.5, 0.6) is 0 Å². The fourth-order valence-electron chi connectivity index (χ4n) is 2.31. The van der Waals surface area contributed by atoms with Crippen molar-refractivity contribution in [2.24, 2.45) is 5.73 Å². The number of rotatable bonds is 5. The van der Waals surface area contributed by atoms with Crippen molar-refractivity contribution >= 4 is 11.8 Å². The van der Waals surface area contributed by atoms with E-state index in [-0.39, 0.29) is 0 Å². The SMILES string of the molecule is NC(=O)C(NC(=O)c1ccc(-n2cnnc2)cc1)c1ccc(F)cc1. The summed E-state index contributed by atoms with van der Waals surface area (Å²) in [5.41, 5.74) is 6.90. The summed E-state index contributed by atoms with van der Waals surface area (Å²) in [7, 11) is 0. The predicted octanol–water partition coefficient (Wildman–Crippen LogP) is 1.36. The molecule has 0 bridgehead atoms. The van der Waals surface area contributed by atoms with Crippen LogP contribution in [0.25, 0.3) is 5.69 Å². The van der Waals surface area contributed by atoms with Crippen molar-refractivity contribution < 1.29 is 14.0 Å². The molecule has 7 nitrogen and oxygen atoms in total. The number of carbonyl (C=O) groups excluding carboxylic acids is 2. The molecule has 0 aliphatic heterocycles. The number of aromatic nitrogens is 3. The lowest BCUT2D eigenvalue weighted by atomic mass is 10.1. The van der Waals surface area contributed by atoms with Gasteiger partial charge in [0.15, 0.2) is 0 Å². The van der Waals surface area contributed by atoms with E-state index in [1.165, 1.54) is 36.9 Å². The molecule has 8 heteroatoms. The molecule has 3 rings (SSSR count). The zero-order valence-electron chi connectivity index (χ0n) is 13.0. The standard InChI is InChI=1S/C17H14FN5O2/c18-13-5-1-11(2-6-13)15(16(19)24)22-17(25)12-3-7-14(8-4-12)23-9-20-21-10-23/h1-10,15H,(H2,19,24)(H,22,25). The summed E-state index contributed by atoms with van der Waals surface area (Å²) in [6, 6.07) is 10.8. The molecule has 0 spiro atoms. The molecule has 0 saturated carbocycles. The van der Waals surface area contributed by atoms with Gasteiger partial charge in [-0.15, -0.1) is 10.2 Å². The highest BCUT2D eigenvalue weighted by molar-refractivity contribution is 5.97. The van der Waals surface area contributed by atoms with Crippen LogP contribution in [-0.2, 0) is 4.79 Å². The molecule has 0 saturated heterocycles. The Bertz CT molecular complexity index is 876. The number of primary amides is 1. The summed E-state index contributed by atoms with van der Waals surface area (Å²) in [5, 5.41) is 9.98. The molecule has 25 heavy (non-hydrogen) atoms. The molecule has 0 aliphatic rings. The lowest BCUT2D eigenvalue weighted by molar-refractivity contribution is -0.120. The predicted molar refractivity (Wildman–Crippen MR) is 87.2 cm³/mol. The van der Waals surface area contributed by atoms with Crippen molar-refractivity contribution in [2.45, 2.75) is 6.04 Å². The van der Waals surface area contributed by atoms with Gasteiger partial charge in [-0.25, -0.2) is 4.39 Å². The Balaban J connectivity index is 1.77. The zero-order valence-corrected chi connectivity index (χ0v) is 13.0. The molecule has 0 fully saturated rings. The fourth-order valence-corrected chi connectivity index (χ4v) is 2.31. The molecule has 3 N–H and O–H groups in total. The Kier molecular flexibility index (Phi) is 4.51. The van der Waals surface area contributed by atoms with Crippen LogP contribution in [-0.4, -0.2) is 26.6 Å². The van der Waals surface area contributed by atoms with E-state index in [9.17, 15) is 14.0 Å². The quantitative estimate of drug-likeness (QED) is 0.732. The average molecular weight is 339 g/mol. The lowest BCUT2D eigenvalue weighted by Gasteiger charge is -2.16. The number of carbonyl (C=O) groups is 2. The van der Waals surface area contributed by atoms with Crippen molar-refractivity contribution in [3.8, 4) is 5.69 Å². The zero-order chi connectivity index (χ0) is 17.8. The molecule has 0 radical (unpaired) electrons. The highest BCUT2D eigenvalue weighted by Crippen LogP contribution is 2.15. The number of nitrogens with one attached hydrogen (secondary N) is 1. The van der Waals surface area contributed by atoms with E-state index in [1.54, 1.807) is 28.8 Å². The lowest BCUT2D eigenvalue weighted by Crippen LogP contribution is -2.37. The smallest absolute Gasteiger partial charge is 0.252 e. The average Bonchev–Trinajstić information content (AvgIpc) is 3.15. The van der Waals surface area contributed by atoms with Crippen LogP contribution in [0.1, 0.15) is 22.0 Å². The second-order valence-corrected chi connectivity index (χ2v) is 5.28. The summed E-state index contributed by atoms with van der Waals surface area (Å²) < 4.78 is 14.7. The van der Waals surface area contributed by atoms with E-state index in [0.29, 0.717) is 11.1 Å². The second-order valence-electron chi connectivity index (χ2n) is 5.28. The Morgan fingerprint density at radius 2 is 1.60 bits per heavy atom. The third-order valence-electron chi connectivity index (χ3n) is 3.61. The number of nitrogens with zero attached hydrogens (tertiary/aromatic N) is 3. The fraction of sp³-hybridized carbons (Fsp3) is 0.0588. The van der Waals surface area contributed by atoms with Gasteiger partial charge in [0.05, 0.1) is 0 Å². The minimum Gasteiger partial charge on any atom is -0.368 e. The maximum Gasteiger partial charge on any atom is 0.252 e. The summed E-state index contributed by atoms with van der Waals surface area (Å²) in [5.74, 6) is -1.65. The number of benzene rings is 2. The molecule has 1 heterocycles. The number of amides is 2. The Morgan fingerprint density at radius 1 is 1.00 bits per heavy atom. The van der Waals surface area contributed by atoms with E-state index in [1.807, 2.05) is 0 Å². The first-order valence-corrected chi connectivity index (χ1v) is 7.35. The van der Waals surface area contributed by atoms with Gasteiger partial charge in [0.25, 0.3) is 5.91 Å². The van der Waals surface area contributed by atoms with Crippen LogP contribution in [0.15, 0.2) is 61.2 Å². The molecule has 126 valence electrons. The number of nitrogens with two attached hydrogens (primary N) is 1. The van der Waals surface area contributed by atoms with Gasteiger partial charge in [-0.05, 0) is 42.0 Å². The van der Waals surface area contributed by atoms with E-state index in [2.05, 4.69) is 15.5 Å². The highest BCUT2D eigenvalue weighted by Gasteiger charge is 2.21. The third kappa shape index (κ3) is 3.69. The molecular weight excluding hydrogens is 325 g/mol. The molecule has 2 aromatic carbocycles. The Labute approximate surface area is 142 Å². The van der Waals surface area contributed by atoms with Crippen LogP contribution >= 0.6 is 0 Å². The van der Waals surface area contributed by atoms with Gasteiger partial charge < -0.3 is 11.1 Å². The first kappa shape index (κ1) is 16.3. The van der Waals surface area contributed by atoms with Gasteiger partial charge in [0, 0.05) is 11.3 Å². The van der Waals surface area contributed by atoms with Gasteiger partial charge in [0.1, 0.15) is 24.5 Å². The van der Waals surface area contributed by atoms with E-state index in [4.69, 9.17) is 5.73 Å². The molecule has 1 atom stereocenters. The van der Waals surface area contributed by atoms with E-state index in [0.717, 1.165) is 5.69 Å².